The molecule has 2 unspecified atom stereocenters. The predicted molar refractivity (Wildman–Crippen MR) is 67.0 cm³/mol. The first-order valence-corrected chi connectivity index (χ1v) is 6.76. The first-order chi connectivity index (χ1) is 8.65. The van der Waals surface area contributed by atoms with Crippen LogP contribution in [0.3, 0.4) is 0 Å². The molecule has 5 heteroatoms. The average molecular weight is 257 g/mol. The lowest BCUT2D eigenvalue weighted by Gasteiger charge is -2.10. The van der Waals surface area contributed by atoms with Gasteiger partial charge in [-0.15, -0.1) is 0 Å². The Morgan fingerprint density at radius 3 is 2.33 bits per heavy atom. The molecule has 0 aromatic heterocycles. The monoisotopic (exact) mass is 257 g/mol. The van der Waals surface area contributed by atoms with Crippen molar-refractivity contribution >= 4 is 11.9 Å². The maximum atomic E-state index is 11.8. The Morgan fingerprint density at radius 2 is 1.72 bits per heavy atom. The number of aliphatic hydroxyl groups excluding tert-OH is 1. The van der Waals surface area contributed by atoms with Gasteiger partial charge in [-0.25, -0.2) is 0 Å². The summed E-state index contributed by atoms with van der Waals surface area (Å²) in [6.45, 7) is 0.878. The Morgan fingerprint density at radius 1 is 1.06 bits per heavy atom. The van der Waals surface area contributed by atoms with E-state index >= 15 is 0 Å². The van der Waals surface area contributed by atoms with Gasteiger partial charge in [0.2, 0.25) is 5.91 Å². The second kappa shape index (κ2) is 8.08. The van der Waals surface area contributed by atoms with Crippen LogP contribution in [0.4, 0.5) is 0 Å². The highest BCUT2D eigenvalue weighted by molar-refractivity contribution is 5.80. The van der Waals surface area contributed by atoms with E-state index in [1.54, 1.807) is 0 Å². The molecule has 0 saturated heterocycles. The highest BCUT2D eigenvalue weighted by atomic mass is 16.4. The van der Waals surface area contributed by atoms with Crippen molar-refractivity contribution in [3.8, 4) is 0 Å². The summed E-state index contributed by atoms with van der Waals surface area (Å²) in [7, 11) is 0. The maximum Gasteiger partial charge on any atom is 0.306 e. The molecule has 1 amide bonds. The van der Waals surface area contributed by atoms with E-state index in [9.17, 15) is 9.59 Å². The fourth-order valence-electron chi connectivity index (χ4n) is 2.39. The van der Waals surface area contributed by atoms with Gasteiger partial charge < -0.3 is 15.5 Å². The van der Waals surface area contributed by atoms with Gasteiger partial charge >= 0.3 is 5.97 Å². The van der Waals surface area contributed by atoms with E-state index in [0.29, 0.717) is 25.8 Å². The van der Waals surface area contributed by atoms with Crippen LogP contribution >= 0.6 is 0 Å². The Balaban J connectivity index is 2.09. The Hall–Kier alpha value is -1.10. The SMILES string of the molecule is O=C(O)C1CCC(C(=O)NCCCCCCO)C1. The number of carboxylic acid groups (broad SMARTS) is 1. The summed E-state index contributed by atoms with van der Waals surface area (Å²) in [5.74, 6) is -1.25. The number of carboxylic acids is 1. The van der Waals surface area contributed by atoms with Crippen molar-refractivity contribution in [3.05, 3.63) is 0 Å². The molecule has 0 aliphatic heterocycles. The number of carbonyl (C=O) groups excluding carboxylic acids is 1. The van der Waals surface area contributed by atoms with E-state index in [-0.39, 0.29) is 24.3 Å². The van der Waals surface area contributed by atoms with Crippen molar-refractivity contribution in [1.82, 2.24) is 5.32 Å². The smallest absolute Gasteiger partial charge is 0.306 e. The standard InChI is InChI=1S/C13H23NO4/c15-8-4-2-1-3-7-14-12(16)10-5-6-11(9-10)13(17)18/h10-11,15H,1-9H2,(H,14,16)(H,17,18). The summed E-state index contributed by atoms with van der Waals surface area (Å²) in [5, 5.41) is 20.3. The van der Waals surface area contributed by atoms with Crippen molar-refractivity contribution in [2.75, 3.05) is 13.2 Å². The van der Waals surface area contributed by atoms with Gasteiger partial charge in [0.1, 0.15) is 0 Å². The first kappa shape index (κ1) is 15.0. The van der Waals surface area contributed by atoms with E-state index in [4.69, 9.17) is 10.2 Å². The van der Waals surface area contributed by atoms with E-state index in [1.165, 1.54) is 0 Å². The third kappa shape index (κ3) is 5.04. The molecule has 0 bridgehead atoms. The first-order valence-electron chi connectivity index (χ1n) is 6.76. The molecule has 3 N–H and O–H groups in total. The molecule has 5 nitrogen and oxygen atoms in total. The predicted octanol–water partition coefficient (Wildman–Crippen LogP) is 1.16. The molecule has 0 spiro atoms. The number of carbonyl (C=O) groups is 2. The highest BCUT2D eigenvalue weighted by Crippen LogP contribution is 2.31. The van der Waals surface area contributed by atoms with E-state index in [1.807, 2.05) is 0 Å². The van der Waals surface area contributed by atoms with Crippen LogP contribution in [0, 0.1) is 11.8 Å². The maximum absolute atomic E-state index is 11.8. The third-order valence-corrected chi connectivity index (χ3v) is 3.54. The largest absolute Gasteiger partial charge is 0.481 e. The van der Waals surface area contributed by atoms with Crippen LogP contribution in [0.15, 0.2) is 0 Å². The zero-order chi connectivity index (χ0) is 13.4. The molecule has 1 fully saturated rings. The third-order valence-electron chi connectivity index (χ3n) is 3.54. The molecule has 0 aromatic carbocycles. The minimum Gasteiger partial charge on any atom is -0.481 e. The van der Waals surface area contributed by atoms with E-state index < -0.39 is 5.97 Å². The summed E-state index contributed by atoms with van der Waals surface area (Å²) in [4.78, 5) is 22.5. The number of hydrogen-bond acceptors (Lipinski definition) is 3. The van der Waals surface area contributed by atoms with E-state index in [2.05, 4.69) is 5.32 Å². The summed E-state index contributed by atoms with van der Waals surface area (Å²) in [6.07, 6.45) is 5.50. The van der Waals surface area contributed by atoms with Gasteiger partial charge in [0.05, 0.1) is 5.92 Å². The number of aliphatic carboxylic acids is 1. The minimum absolute atomic E-state index is 0.000841. The van der Waals surface area contributed by atoms with Crippen LogP contribution in [-0.4, -0.2) is 35.2 Å². The minimum atomic E-state index is -0.783. The lowest BCUT2D eigenvalue weighted by Crippen LogP contribution is -2.30. The van der Waals surface area contributed by atoms with Crippen molar-refractivity contribution in [1.29, 1.82) is 0 Å². The molecular weight excluding hydrogens is 234 g/mol. The summed E-state index contributed by atoms with van der Waals surface area (Å²) >= 11 is 0. The quantitative estimate of drug-likeness (QED) is 0.569. The summed E-state index contributed by atoms with van der Waals surface area (Å²) < 4.78 is 0. The van der Waals surface area contributed by atoms with Gasteiger partial charge in [-0.05, 0) is 32.1 Å². The molecule has 1 aliphatic carbocycles. The number of unbranched alkanes of at least 4 members (excludes halogenated alkanes) is 3. The molecule has 104 valence electrons. The van der Waals surface area contributed by atoms with Gasteiger partial charge in [-0.2, -0.15) is 0 Å². The molecular formula is C13H23NO4. The zero-order valence-corrected chi connectivity index (χ0v) is 10.7. The lowest BCUT2D eigenvalue weighted by atomic mass is 10.0. The molecule has 1 aliphatic rings. The van der Waals surface area contributed by atoms with Crippen LogP contribution in [0.25, 0.3) is 0 Å². The molecule has 0 heterocycles. The fraction of sp³-hybridized carbons (Fsp3) is 0.846. The van der Waals surface area contributed by atoms with Crippen LogP contribution in [0.1, 0.15) is 44.9 Å². The van der Waals surface area contributed by atoms with Gasteiger partial charge in [0.25, 0.3) is 0 Å². The molecule has 0 aromatic rings. The van der Waals surface area contributed by atoms with Gasteiger partial charge in [-0.3, -0.25) is 9.59 Å². The van der Waals surface area contributed by atoms with E-state index in [0.717, 1.165) is 25.7 Å². The number of nitrogens with one attached hydrogen (secondary N) is 1. The summed E-state index contributed by atoms with van der Waals surface area (Å²) in [6, 6.07) is 0. The zero-order valence-electron chi connectivity index (χ0n) is 10.7. The second-order valence-electron chi connectivity index (χ2n) is 4.97. The molecule has 1 saturated carbocycles. The molecule has 0 radical (unpaired) electrons. The summed E-state index contributed by atoms with van der Waals surface area (Å²) in [5.41, 5.74) is 0. The topological polar surface area (TPSA) is 86.6 Å². The number of rotatable bonds is 8. The van der Waals surface area contributed by atoms with Crippen LogP contribution in [0.2, 0.25) is 0 Å². The van der Waals surface area contributed by atoms with Crippen molar-refractivity contribution in [2.24, 2.45) is 11.8 Å². The van der Waals surface area contributed by atoms with Crippen molar-refractivity contribution < 1.29 is 19.8 Å². The second-order valence-corrected chi connectivity index (χ2v) is 4.97. The van der Waals surface area contributed by atoms with Crippen molar-refractivity contribution in [2.45, 2.75) is 44.9 Å². The Labute approximate surface area is 108 Å². The average Bonchev–Trinajstić information content (AvgIpc) is 2.83. The van der Waals surface area contributed by atoms with Crippen LogP contribution in [0.5, 0.6) is 0 Å². The number of amides is 1. The fourth-order valence-corrected chi connectivity index (χ4v) is 2.39. The molecule has 18 heavy (non-hydrogen) atoms. The molecule has 2 atom stereocenters. The lowest BCUT2D eigenvalue weighted by molar-refractivity contribution is -0.141. The Kier molecular flexibility index (Phi) is 6.72. The number of aliphatic hydroxyl groups is 1. The van der Waals surface area contributed by atoms with Crippen molar-refractivity contribution in [3.63, 3.8) is 0 Å². The normalized spacial score (nSPS) is 22.9. The molecule has 1 rings (SSSR count). The highest BCUT2D eigenvalue weighted by Gasteiger charge is 2.33. The Bertz CT molecular complexity index is 280. The van der Waals surface area contributed by atoms with Gasteiger partial charge in [0.15, 0.2) is 0 Å². The van der Waals surface area contributed by atoms with Crippen LogP contribution < -0.4 is 5.32 Å². The number of hydrogen-bond donors (Lipinski definition) is 3. The van der Waals surface area contributed by atoms with Gasteiger partial charge in [-0.1, -0.05) is 12.8 Å². The van der Waals surface area contributed by atoms with Gasteiger partial charge in [0, 0.05) is 19.1 Å². The van der Waals surface area contributed by atoms with Crippen LogP contribution in [-0.2, 0) is 9.59 Å².